The van der Waals surface area contributed by atoms with E-state index in [4.69, 9.17) is 10.7 Å². The van der Waals surface area contributed by atoms with Gasteiger partial charge in [0, 0.05) is 4.88 Å². The van der Waals surface area contributed by atoms with Crippen LogP contribution in [0.4, 0.5) is 0 Å². The van der Waals surface area contributed by atoms with Crippen LogP contribution in [0, 0.1) is 11.8 Å². The van der Waals surface area contributed by atoms with Crippen LogP contribution in [0.25, 0.3) is 0 Å². The van der Waals surface area contributed by atoms with Crippen molar-refractivity contribution in [3.05, 3.63) is 15.6 Å². The lowest BCUT2D eigenvalue weighted by atomic mass is 9.76. The molecule has 0 aliphatic heterocycles. The van der Waals surface area contributed by atoms with Crippen LogP contribution in [0.2, 0.25) is 0 Å². The van der Waals surface area contributed by atoms with Crippen LogP contribution in [-0.4, -0.2) is 4.98 Å². The number of fused-ring (bicyclic) bond motifs is 1. The summed E-state index contributed by atoms with van der Waals surface area (Å²) in [5, 5.41) is 1.24. The first kappa shape index (κ1) is 14.5. The molecule has 2 N–H and O–H groups in total. The van der Waals surface area contributed by atoms with Crippen molar-refractivity contribution < 1.29 is 0 Å². The normalized spacial score (nSPS) is 34.0. The third kappa shape index (κ3) is 2.67. The van der Waals surface area contributed by atoms with Gasteiger partial charge in [-0.25, -0.2) is 4.98 Å². The Morgan fingerprint density at radius 2 is 1.85 bits per heavy atom. The first-order valence-corrected chi connectivity index (χ1v) is 9.24. The Labute approximate surface area is 127 Å². The molecule has 2 aliphatic rings. The van der Waals surface area contributed by atoms with E-state index >= 15 is 0 Å². The van der Waals surface area contributed by atoms with E-state index in [9.17, 15) is 0 Å². The predicted octanol–water partition coefficient (Wildman–Crippen LogP) is 4.41. The average Bonchev–Trinajstić information content (AvgIpc) is 2.91. The zero-order chi connectivity index (χ0) is 14.2. The largest absolute Gasteiger partial charge is 0.319 e. The van der Waals surface area contributed by atoms with E-state index in [1.807, 2.05) is 11.3 Å². The van der Waals surface area contributed by atoms with Crippen molar-refractivity contribution in [1.29, 1.82) is 0 Å². The highest BCUT2D eigenvalue weighted by atomic mass is 32.1. The first-order chi connectivity index (χ1) is 9.64. The number of rotatable bonds is 3. The van der Waals surface area contributed by atoms with Gasteiger partial charge in [0.2, 0.25) is 0 Å². The van der Waals surface area contributed by atoms with Crippen LogP contribution in [0.15, 0.2) is 0 Å². The number of nitrogens with two attached hydrogens (primary N) is 1. The zero-order valence-electron chi connectivity index (χ0n) is 13.0. The highest BCUT2D eigenvalue weighted by Gasteiger charge is 2.36. The van der Waals surface area contributed by atoms with Gasteiger partial charge in [0.1, 0.15) is 5.01 Å². The fourth-order valence-corrected chi connectivity index (χ4v) is 5.20. The summed E-state index contributed by atoms with van der Waals surface area (Å²) in [7, 11) is 0. The van der Waals surface area contributed by atoms with Crippen molar-refractivity contribution in [2.24, 2.45) is 17.6 Å². The minimum atomic E-state index is -0.116. The number of aryl methyl sites for hydroxylation is 1. The van der Waals surface area contributed by atoms with Gasteiger partial charge in [0.15, 0.2) is 0 Å². The van der Waals surface area contributed by atoms with Gasteiger partial charge in [-0.05, 0) is 56.8 Å². The van der Waals surface area contributed by atoms with Crippen LogP contribution in [0.3, 0.4) is 0 Å². The van der Waals surface area contributed by atoms with E-state index in [2.05, 4.69) is 13.8 Å². The molecule has 0 saturated heterocycles. The van der Waals surface area contributed by atoms with Crippen molar-refractivity contribution in [2.45, 2.75) is 77.2 Å². The Balaban J connectivity index is 1.76. The minimum Gasteiger partial charge on any atom is -0.319 e. The summed E-state index contributed by atoms with van der Waals surface area (Å²) >= 11 is 1.93. The molecule has 0 aromatic carbocycles. The predicted molar refractivity (Wildman–Crippen MR) is 86.0 cm³/mol. The summed E-state index contributed by atoms with van der Waals surface area (Å²) < 4.78 is 0. The van der Waals surface area contributed by atoms with E-state index in [-0.39, 0.29) is 5.54 Å². The van der Waals surface area contributed by atoms with E-state index in [0.717, 1.165) is 24.7 Å². The summed E-state index contributed by atoms with van der Waals surface area (Å²) in [4.78, 5) is 6.50. The molecule has 1 saturated carbocycles. The molecule has 0 amide bonds. The zero-order valence-corrected chi connectivity index (χ0v) is 13.8. The first-order valence-electron chi connectivity index (χ1n) is 8.42. The van der Waals surface area contributed by atoms with Gasteiger partial charge in [0.05, 0.1) is 11.2 Å². The van der Waals surface area contributed by atoms with Crippen molar-refractivity contribution in [3.63, 3.8) is 0 Å². The van der Waals surface area contributed by atoms with Gasteiger partial charge < -0.3 is 5.73 Å². The van der Waals surface area contributed by atoms with Crippen LogP contribution in [0.5, 0.6) is 0 Å². The monoisotopic (exact) mass is 292 g/mol. The average molecular weight is 292 g/mol. The Hall–Kier alpha value is -0.410. The summed E-state index contributed by atoms with van der Waals surface area (Å²) in [6.45, 7) is 4.62. The maximum Gasteiger partial charge on any atom is 0.113 e. The Morgan fingerprint density at radius 1 is 1.15 bits per heavy atom. The summed E-state index contributed by atoms with van der Waals surface area (Å²) in [5.41, 5.74) is 7.98. The summed E-state index contributed by atoms with van der Waals surface area (Å²) in [5.74, 6) is 1.77. The number of hydrogen-bond donors (Lipinski definition) is 1. The molecule has 112 valence electrons. The molecule has 1 aromatic heterocycles. The SMILES string of the molecule is CCC1CCC(N)(c2nc3c(s2)CC(CC)CC3)CC1. The van der Waals surface area contributed by atoms with Crippen LogP contribution in [0.1, 0.15) is 74.4 Å². The lowest BCUT2D eigenvalue weighted by Crippen LogP contribution is -2.40. The van der Waals surface area contributed by atoms with Crippen LogP contribution < -0.4 is 5.73 Å². The lowest BCUT2D eigenvalue weighted by molar-refractivity contribution is 0.231. The number of hydrogen-bond acceptors (Lipinski definition) is 3. The molecular formula is C17H28N2S. The molecule has 2 nitrogen and oxygen atoms in total. The topological polar surface area (TPSA) is 38.9 Å². The van der Waals surface area contributed by atoms with E-state index < -0.39 is 0 Å². The van der Waals surface area contributed by atoms with E-state index in [1.165, 1.54) is 55.6 Å². The molecule has 0 bridgehead atoms. The second-order valence-corrected chi connectivity index (χ2v) is 8.00. The quantitative estimate of drug-likeness (QED) is 0.896. The van der Waals surface area contributed by atoms with Gasteiger partial charge in [-0.15, -0.1) is 11.3 Å². The molecule has 3 rings (SSSR count). The Kier molecular flexibility index (Phi) is 4.19. The number of thiazole rings is 1. The molecule has 1 fully saturated rings. The van der Waals surface area contributed by atoms with Crippen molar-refractivity contribution in [1.82, 2.24) is 4.98 Å². The van der Waals surface area contributed by atoms with Crippen molar-refractivity contribution in [3.8, 4) is 0 Å². The maximum atomic E-state index is 6.72. The second-order valence-electron chi connectivity index (χ2n) is 6.91. The fourth-order valence-electron chi connectivity index (χ4n) is 3.82. The third-order valence-electron chi connectivity index (χ3n) is 5.62. The van der Waals surface area contributed by atoms with Gasteiger partial charge in [0.25, 0.3) is 0 Å². The molecule has 1 aromatic rings. The summed E-state index contributed by atoms with van der Waals surface area (Å²) in [6.07, 6.45) is 11.2. The Morgan fingerprint density at radius 3 is 2.50 bits per heavy atom. The lowest BCUT2D eigenvalue weighted by Gasteiger charge is -2.35. The summed E-state index contributed by atoms with van der Waals surface area (Å²) in [6, 6.07) is 0. The Bertz CT molecular complexity index is 458. The molecule has 1 atom stereocenters. The van der Waals surface area contributed by atoms with E-state index in [0.29, 0.717) is 0 Å². The molecule has 2 aliphatic carbocycles. The molecular weight excluding hydrogens is 264 g/mol. The number of nitrogens with zero attached hydrogens (tertiary/aromatic N) is 1. The smallest absolute Gasteiger partial charge is 0.113 e. The van der Waals surface area contributed by atoms with Gasteiger partial charge in [-0.3, -0.25) is 0 Å². The molecule has 20 heavy (non-hydrogen) atoms. The molecule has 0 spiro atoms. The molecule has 3 heteroatoms. The highest BCUT2D eigenvalue weighted by molar-refractivity contribution is 7.11. The third-order valence-corrected chi connectivity index (χ3v) is 6.96. The second kappa shape index (κ2) is 5.76. The van der Waals surface area contributed by atoms with Crippen LogP contribution >= 0.6 is 11.3 Å². The van der Waals surface area contributed by atoms with Crippen molar-refractivity contribution >= 4 is 11.3 Å². The highest BCUT2D eigenvalue weighted by Crippen LogP contribution is 2.42. The molecule has 1 unspecified atom stereocenters. The maximum absolute atomic E-state index is 6.72. The molecule has 1 heterocycles. The molecule has 0 radical (unpaired) electrons. The standard InChI is InChI=1S/C17H28N2S/c1-3-12-7-9-17(18,10-8-12)16-19-14-6-5-13(4-2)11-15(14)20-16/h12-13H,3-11,18H2,1-2H3. The van der Waals surface area contributed by atoms with Gasteiger partial charge >= 0.3 is 0 Å². The van der Waals surface area contributed by atoms with Gasteiger partial charge in [-0.2, -0.15) is 0 Å². The fraction of sp³-hybridized carbons (Fsp3) is 0.824. The number of aromatic nitrogens is 1. The van der Waals surface area contributed by atoms with E-state index in [1.54, 1.807) is 4.88 Å². The van der Waals surface area contributed by atoms with Gasteiger partial charge in [-0.1, -0.05) is 26.7 Å². The minimum absolute atomic E-state index is 0.116. The van der Waals surface area contributed by atoms with Crippen LogP contribution in [-0.2, 0) is 18.4 Å². The van der Waals surface area contributed by atoms with Crippen molar-refractivity contribution in [2.75, 3.05) is 0 Å².